The molecule has 0 heterocycles. The summed E-state index contributed by atoms with van der Waals surface area (Å²) in [5, 5.41) is 1.04. The van der Waals surface area contributed by atoms with E-state index in [1.54, 1.807) is 30.3 Å². The van der Waals surface area contributed by atoms with E-state index in [4.69, 9.17) is 23.2 Å². The van der Waals surface area contributed by atoms with E-state index < -0.39 is 0 Å². The van der Waals surface area contributed by atoms with Crippen molar-refractivity contribution in [2.75, 3.05) is 0 Å². The molecule has 16 heavy (non-hydrogen) atoms. The molecule has 0 saturated carbocycles. The largest absolute Gasteiger partial charge is 0.206 e. The van der Waals surface area contributed by atoms with Gasteiger partial charge in [-0.15, -0.1) is 0 Å². The van der Waals surface area contributed by atoms with E-state index in [-0.39, 0.29) is 5.82 Å². The van der Waals surface area contributed by atoms with Crippen LogP contribution in [0.25, 0.3) is 11.1 Å². The number of halogens is 4. The fraction of sp³-hybridized carbons (Fsp3) is 0. The molecular formula is C12H6Cl2FI. The topological polar surface area (TPSA) is 0 Å². The molecule has 0 radical (unpaired) electrons. The Morgan fingerprint density at radius 3 is 2.19 bits per heavy atom. The van der Waals surface area contributed by atoms with Gasteiger partial charge in [-0.1, -0.05) is 35.3 Å². The molecule has 82 valence electrons. The molecule has 0 aromatic heterocycles. The molecule has 0 saturated heterocycles. The molecule has 0 spiro atoms. The predicted molar refractivity (Wildman–Crippen MR) is 74.6 cm³/mol. The Balaban J connectivity index is 2.63. The van der Waals surface area contributed by atoms with Crippen LogP contribution < -0.4 is 0 Å². The zero-order valence-electron chi connectivity index (χ0n) is 7.98. The Hall–Kier alpha value is -0.320. The molecule has 2 aromatic carbocycles. The summed E-state index contributed by atoms with van der Waals surface area (Å²) in [6.07, 6.45) is 0. The van der Waals surface area contributed by atoms with E-state index >= 15 is 0 Å². The van der Waals surface area contributed by atoms with Crippen LogP contribution in [0.5, 0.6) is 0 Å². The fourth-order valence-electron chi connectivity index (χ4n) is 1.43. The molecule has 0 fully saturated rings. The third-order valence-electron chi connectivity index (χ3n) is 2.17. The van der Waals surface area contributed by atoms with Crippen LogP contribution in [-0.2, 0) is 0 Å². The first-order valence-electron chi connectivity index (χ1n) is 4.49. The van der Waals surface area contributed by atoms with Gasteiger partial charge in [0.05, 0.1) is 0 Å². The van der Waals surface area contributed by atoms with Crippen molar-refractivity contribution < 1.29 is 4.39 Å². The van der Waals surface area contributed by atoms with Gasteiger partial charge >= 0.3 is 0 Å². The van der Waals surface area contributed by atoms with Gasteiger partial charge in [-0.05, 0) is 52.4 Å². The minimum atomic E-state index is -0.269. The van der Waals surface area contributed by atoms with Crippen molar-refractivity contribution in [3.05, 3.63) is 55.8 Å². The third-order valence-corrected chi connectivity index (χ3v) is 3.68. The summed E-state index contributed by atoms with van der Waals surface area (Å²) in [6, 6.07) is 10.2. The van der Waals surface area contributed by atoms with Gasteiger partial charge < -0.3 is 0 Å². The summed E-state index contributed by atoms with van der Waals surface area (Å²) in [5.74, 6) is -0.269. The Morgan fingerprint density at radius 2 is 1.62 bits per heavy atom. The molecule has 2 aromatic rings. The van der Waals surface area contributed by atoms with Gasteiger partial charge in [-0.3, -0.25) is 0 Å². The normalized spacial score (nSPS) is 10.5. The van der Waals surface area contributed by atoms with Crippen LogP contribution in [0.3, 0.4) is 0 Å². The highest BCUT2D eigenvalue weighted by atomic mass is 127. The van der Waals surface area contributed by atoms with Crippen molar-refractivity contribution in [2.45, 2.75) is 0 Å². The van der Waals surface area contributed by atoms with Crippen molar-refractivity contribution in [3.63, 3.8) is 0 Å². The van der Waals surface area contributed by atoms with Gasteiger partial charge in [0.2, 0.25) is 0 Å². The third kappa shape index (κ3) is 2.34. The summed E-state index contributed by atoms with van der Waals surface area (Å²) < 4.78 is 14.0. The minimum Gasteiger partial charge on any atom is -0.206 e. The van der Waals surface area contributed by atoms with Crippen LogP contribution in [0.15, 0.2) is 36.4 Å². The summed E-state index contributed by atoms with van der Waals surface area (Å²) in [6.45, 7) is 0. The lowest BCUT2D eigenvalue weighted by Crippen LogP contribution is -1.86. The Labute approximate surface area is 117 Å². The first-order valence-corrected chi connectivity index (χ1v) is 6.32. The van der Waals surface area contributed by atoms with Crippen molar-refractivity contribution in [2.24, 2.45) is 0 Å². The van der Waals surface area contributed by atoms with E-state index in [1.165, 1.54) is 6.07 Å². The van der Waals surface area contributed by atoms with Crippen molar-refractivity contribution in [3.8, 4) is 11.1 Å². The Bertz CT molecular complexity index is 520. The second-order valence-electron chi connectivity index (χ2n) is 3.23. The molecule has 0 bridgehead atoms. The molecule has 0 atom stereocenters. The van der Waals surface area contributed by atoms with Crippen molar-refractivity contribution >= 4 is 45.8 Å². The number of hydrogen-bond acceptors (Lipinski definition) is 0. The average molecular weight is 367 g/mol. The highest BCUT2D eigenvalue weighted by Gasteiger charge is 2.09. The minimum absolute atomic E-state index is 0.269. The second kappa shape index (κ2) is 4.90. The summed E-state index contributed by atoms with van der Waals surface area (Å²) >= 11 is 14.0. The number of rotatable bonds is 1. The standard InChI is InChI=1S/C12H6Cl2FI/c13-8-2-1-3-9(14)12(8)7-4-5-11(16)10(15)6-7/h1-6H. The molecule has 0 aliphatic rings. The Kier molecular flexibility index (Phi) is 3.72. The summed E-state index contributed by atoms with van der Waals surface area (Å²) in [4.78, 5) is 0. The molecule has 0 unspecified atom stereocenters. The zero-order chi connectivity index (χ0) is 11.7. The van der Waals surface area contributed by atoms with E-state index in [2.05, 4.69) is 0 Å². The van der Waals surface area contributed by atoms with Gasteiger partial charge in [0.25, 0.3) is 0 Å². The quantitative estimate of drug-likeness (QED) is 0.592. The van der Waals surface area contributed by atoms with E-state index in [1.807, 2.05) is 22.6 Å². The lowest BCUT2D eigenvalue weighted by molar-refractivity contribution is 0.621. The lowest BCUT2D eigenvalue weighted by atomic mass is 10.1. The van der Waals surface area contributed by atoms with Crippen LogP contribution in [-0.4, -0.2) is 0 Å². The fourth-order valence-corrected chi connectivity index (χ4v) is 2.38. The molecule has 0 amide bonds. The molecule has 0 aliphatic heterocycles. The van der Waals surface area contributed by atoms with Crippen molar-refractivity contribution in [1.29, 1.82) is 0 Å². The number of benzene rings is 2. The first kappa shape index (κ1) is 12.1. The van der Waals surface area contributed by atoms with Crippen LogP contribution in [0.1, 0.15) is 0 Å². The van der Waals surface area contributed by atoms with E-state index in [0.717, 1.165) is 0 Å². The zero-order valence-corrected chi connectivity index (χ0v) is 11.6. The monoisotopic (exact) mass is 366 g/mol. The first-order chi connectivity index (χ1) is 7.59. The molecule has 2 rings (SSSR count). The highest BCUT2D eigenvalue weighted by Crippen LogP contribution is 2.35. The van der Waals surface area contributed by atoms with Crippen LogP contribution in [0, 0.1) is 9.39 Å². The van der Waals surface area contributed by atoms with E-state index in [9.17, 15) is 4.39 Å². The maximum Gasteiger partial charge on any atom is 0.137 e. The summed E-state index contributed by atoms with van der Waals surface area (Å²) in [5.41, 5.74) is 1.36. The molecular weight excluding hydrogens is 361 g/mol. The van der Waals surface area contributed by atoms with Crippen LogP contribution in [0.4, 0.5) is 4.39 Å². The highest BCUT2D eigenvalue weighted by molar-refractivity contribution is 14.1. The average Bonchev–Trinajstić information content (AvgIpc) is 2.23. The van der Waals surface area contributed by atoms with Gasteiger partial charge in [-0.25, -0.2) is 4.39 Å². The predicted octanol–water partition coefficient (Wildman–Crippen LogP) is 5.40. The molecule has 0 aliphatic carbocycles. The van der Waals surface area contributed by atoms with Gasteiger partial charge in [-0.2, -0.15) is 0 Å². The van der Waals surface area contributed by atoms with Gasteiger partial charge in [0.1, 0.15) is 5.82 Å². The second-order valence-corrected chi connectivity index (χ2v) is 5.20. The van der Waals surface area contributed by atoms with Crippen LogP contribution >= 0.6 is 45.8 Å². The smallest absolute Gasteiger partial charge is 0.137 e. The molecule has 0 nitrogen and oxygen atoms in total. The maximum atomic E-state index is 13.4. The van der Waals surface area contributed by atoms with Gasteiger partial charge in [0.15, 0.2) is 0 Å². The molecule has 0 N–H and O–H groups in total. The van der Waals surface area contributed by atoms with Gasteiger partial charge in [0, 0.05) is 19.2 Å². The van der Waals surface area contributed by atoms with Crippen molar-refractivity contribution in [1.82, 2.24) is 0 Å². The Morgan fingerprint density at radius 1 is 1.00 bits per heavy atom. The lowest BCUT2D eigenvalue weighted by Gasteiger charge is -2.07. The summed E-state index contributed by atoms with van der Waals surface area (Å²) in [7, 11) is 0. The van der Waals surface area contributed by atoms with Crippen LogP contribution in [0.2, 0.25) is 10.0 Å². The van der Waals surface area contributed by atoms with E-state index in [0.29, 0.717) is 24.7 Å². The number of hydrogen-bond donors (Lipinski definition) is 0. The molecule has 4 heteroatoms. The maximum absolute atomic E-state index is 13.4. The SMILES string of the molecule is Fc1cc(-c2c(Cl)cccc2Cl)ccc1I.